The van der Waals surface area contributed by atoms with E-state index in [4.69, 9.17) is 14.2 Å². The van der Waals surface area contributed by atoms with E-state index in [1.165, 1.54) is 0 Å². The third-order valence-electron chi connectivity index (χ3n) is 5.32. The van der Waals surface area contributed by atoms with Gasteiger partial charge in [-0.3, -0.25) is 9.59 Å². The van der Waals surface area contributed by atoms with E-state index in [0.717, 1.165) is 0 Å². The highest BCUT2D eigenvalue weighted by atomic mass is 16.6. The molecule has 0 spiro atoms. The van der Waals surface area contributed by atoms with Gasteiger partial charge in [-0.25, -0.2) is 4.79 Å². The predicted molar refractivity (Wildman–Crippen MR) is 81.3 cm³/mol. The molecular weight excluding hydrogens is 300 g/mol. The van der Waals surface area contributed by atoms with Crippen LogP contribution in [0, 0.1) is 16.7 Å². The van der Waals surface area contributed by atoms with Gasteiger partial charge in [0, 0.05) is 6.42 Å². The summed E-state index contributed by atoms with van der Waals surface area (Å²) in [5, 5.41) is 0. The minimum absolute atomic E-state index is 0.0552. The van der Waals surface area contributed by atoms with Crippen molar-refractivity contribution in [1.29, 1.82) is 0 Å². The lowest BCUT2D eigenvalue weighted by molar-refractivity contribution is -0.174. The van der Waals surface area contributed by atoms with Crippen molar-refractivity contribution in [2.24, 2.45) is 16.7 Å². The summed E-state index contributed by atoms with van der Waals surface area (Å²) in [7, 11) is 0. The first kappa shape index (κ1) is 17.8. The van der Waals surface area contributed by atoms with Gasteiger partial charge in [0.1, 0.15) is 12.2 Å². The summed E-state index contributed by atoms with van der Waals surface area (Å²) in [5.74, 6) is -1.29. The van der Waals surface area contributed by atoms with Gasteiger partial charge in [-0.2, -0.15) is 0 Å². The van der Waals surface area contributed by atoms with Crippen LogP contribution in [-0.2, 0) is 28.6 Å². The van der Waals surface area contributed by atoms with Gasteiger partial charge in [0.25, 0.3) is 0 Å². The maximum atomic E-state index is 12.2. The Balaban J connectivity index is 1.82. The highest BCUT2D eigenvalue weighted by molar-refractivity contribution is 5.80. The van der Waals surface area contributed by atoms with Gasteiger partial charge >= 0.3 is 17.9 Å². The quantitative estimate of drug-likeness (QED) is 0.582. The van der Waals surface area contributed by atoms with Crippen LogP contribution >= 0.6 is 0 Å². The molecule has 0 N–H and O–H groups in total. The largest absolute Gasteiger partial charge is 0.458 e. The predicted octanol–water partition coefficient (Wildman–Crippen LogP) is 2.24. The standard InChI is InChI=1S/C17H26O6/c1-16(2,3)17(4,5)15(20)21-9-13(18)22-11-7-6-10-8-12(11)23-14(10)19/h10-12H,6-9H2,1-5H3. The summed E-state index contributed by atoms with van der Waals surface area (Å²) >= 11 is 0. The normalized spacial score (nSPS) is 27.3. The molecule has 1 aliphatic heterocycles. The van der Waals surface area contributed by atoms with Crippen molar-refractivity contribution >= 4 is 17.9 Å². The summed E-state index contributed by atoms with van der Waals surface area (Å²) in [6, 6.07) is 0. The van der Waals surface area contributed by atoms with Gasteiger partial charge in [0.05, 0.1) is 11.3 Å². The zero-order valence-corrected chi connectivity index (χ0v) is 14.5. The van der Waals surface area contributed by atoms with Crippen LogP contribution in [0.1, 0.15) is 53.9 Å². The number of hydrogen-bond acceptors (Lipinski definition) is 6. The molecule has 130 valence electrons. The maximum Gasteiger partial charge on any atom is 0.344 e. The molecule has 23 heavy (non-hydrogen) atoms. The number of fused-ring (bicyclic) bond motifs is 2. The van der Waals surface area contributed by atoms with Gasteiger partial charge in [-0.1, -0.05) is 20.8 Å². The molecule has 2 rings (SSSR count). The fourth-order valence-electron chi connectivity index (χ4n) is 2.63. The Morgan fingerprint density at radius 2 is 1.83 bits per heavy atom. The zero-order chi connectivity index (χ0) is 17.4. The lowest BCUT2D eigenvalue weighted by Gasteiger charge is -2.36. The summed E-state index contributed by atoms with van der Waals surface area (Å²) in [4.78, 5) is 35.6. The van der Waals surface area contributed by atoms with Gasteiger partial charge in [-0.15, -0.1) is 0 Å². The molecule has 1 saturated carbocycles. The molecule has 3 atom stereocenters. The van der Waals surface area contributed by atoms with E-state index in [0.29, 0.717) is 19.3 Å². The Morgan fingerprint density at radius 3 is 2.43 bits per heavy atom. The zero-order valence-electron chi connectivity index (χ0n) is 14.5. The molecule has 0 aromatic heterocycles. The van der Waals surface area contributed by atoms with Crippen LogP contribution in [0.3, 0.4) is 0 Å². The third-order valence-corrected chi connectivity index (χ3v) is 5.32. The first-order valence-electron chi connectivity index (χ1n) is 8.09. The van der Waals surface area contributed by atoms with Gasteiger partial charge in [0.2, 0.25) is 0 Å². The van der Waals surface area contributed by atoms with Gasteiger partial charge in [0.15, 0.2) is 6.61 Å². The molecular formula is C17H26O6. The van der Waals surface area contributed by atoms with Crippen LogP contribution < -0.4 is 0 Å². The Labute approximate surface area is 136 Å². The molecule has 6 heteroatoms. The monoisotopic (exact) mass is 326 g/mol. The van der Waals surface area contributed by atoms with Crippen molar-refractivity contribution in [2.45, 2.75) is 66.1 Å². The van der Waals surface area contributed by atoms with Crippen LogP contribution in [0.4, 0.5) is 0 Å². The molecule has 0 aromatic rings. The van der Waals surface area contributed by atoms with E-state index in [2.05, 4.69) is 0 Å². The number of carbonyl (C=O) groups excluding carboxylic acids is 3. The minimum atomic E-state index is -0.716. The maximum absolute atomic E-state index is 12.2. The van der Waals surface area contributed by atoms with Crippen molar-refractivity contribution in [3.05, 3.63) is 0 Å². The lowest BCUT2D eigenvalue weighted by Crippen LogP contribution is -2.40. The Bertz CT molecular complexity index is 502. The van der Waals surface area contributed by atoms with Crippen LogP contribution in [0.15, 0.2) is 0 Å². The topological polar surface area (TPSA) is 78.9 Å². The average Bonchev–Trinajstić information content (AvgIpc) is 2.74. The smallest absolute Gasteiger partial charge is 0.344 e. The van der Waals surface area contributed by atoms with Crippen LogP contribution in [0.25, 0.3) is 0 Å². The van der Waals surface area contributed by atoms with E-state index in [1.807, 2.05) is 20.8 Å². The molecule has 6 nitrogen and oxygen atoms in total. The molecule has 2 aliphatic rings. The summed E-state index contributed by atoms with van der Waals surface area (Å²) in [6.07, 6.45) is 1.10. The molecule has 1 heterocycles. The summed E-state index contributed by atoms with van der Waals surface area (Å²) in [5.41, 5.74) is -1.00. The van der Waals surface area contributed by atoms with E-state index in [-0.39, 0.29) is 23.4 Å². The fourth-order valence-corrected chi connectivity index (χ4v) is 2.63. The van der Waals surface area contributed by atoms with Crippen molar-refractivity contribution in [1.82, 2.24) is 0 Å². The second kappa shape index (κ2) is 6.13. The fraction of sp³-hybridized carbons (Fsp3) is 0.824. The van der Waals surface area contributed by atoms with E-state index in [9.17, 15) is 14.4 Å². The highest BCUT2D eigenvalue weighted by Gasteiger charge is 2.45. The third kappa shape index (κ3) is 3.67. The van der Waals surface area contributed by atoms with Crippen molar-refractivity contribution < 1.29 is 28.6 Å². The summed E-state index contributed by atoms with van der Waals surface area (Å²) < 4.78 is 15.6. The number of hydrogen-bond donors (Lipinski definition) is 0. The Kier molecular flexibility index (Phi) is 4.74. The van der Waals surface area contributed by atoms with Gasteiger partial charge in [-0.05, 0) is 32.1 Å². The van der Waals surface area contributed by atoms with E-state index < -0.39 is 30.1 Å². The van der Waals surface area contributed by atoms with Crippen molar-refractivity contribution in [2.75, 3.05) is 6.61 Å². The molecule has 0 radical (unpaired) electrons. The minimum Gasteiger partial charge on any atom is -0.458 e. The number of esters is 3. The SMILES string of the molecule is CC(C)(C)C(C)(C)C(=O)OCC(=O)OC1CCC2CC1OC2=O. The van der Waals surface area contributed by atoms with Crippen LogP contribution in [0.2, 0.25) is 0 Å². The second-order valence-electron chi connectivity index (χ2n) is 7.96. The molecule has 2 bridgehead atoms. The molecule has 0 amide bonds. The van der Waals surface area contributed by atoms with Crippen molar-refractivity contribution in [3.8, 4) is 0 Å². The Morgan fingerprint density at radius 1 is 1.17 bits per heavy atom. The van der Waals surface area contributed by atoms with Gasteiger partial charge < -0.3 is 14.2 Å². The number of ether oxygens (including phenoxy) is 3. The highest BCUT2D eigenvalue weighted by Crippen LogP contribution is 2.39. The molecule has 0 aromatic carbocycles. The lowest BCUT2D eigenvalue weighted by atomic mass is 9.69. The molecule has 2 fully saturated rings. The molecule has 1 saturated heterocycles. The van der Waals surface area contributed by atoms with E-state index in [1.54, 1.807) is 13.8 Å². The molecule has 3 unspecified atom stereocenters. The second-order valence-corrected chi connectivity index (χ2v) is 7.96. The number of carbonyl (C=O) groups is 3. The van der Waals surface area contributed by atoms with E-state index >= 15 is 0 Å². The number of rotatable bonds is 4. The first-order chi connectivity index (χ1) is 10.5. The van der Waals surface area contributed by atoms with Crippen molar-refractivity contribution in [3.63, 3.8) is 0 Å². The summed E-state index contributed by atoms with van der Waals surface area (Å²) in [6.45, 7) is 9.00. The first-order valence-corrected chi connectivity index (χ1v) is 8.09. The molecule has 1 aliphatic carbocycles. The Hall–Kier alpha value is -1.59. The average molecular weight is 326 g/mol. The van der Waals surface area contributed by atoms with Crippen LogP contribution in [-0.4, -0.2) is 36.7 Å². The van der Waals surface area contributed by atoms with Crippen LogP contribution in [0.5, 0.6) is 0 Å².